The fourth-order valence-corrected chi connectivity index (χ4v) is 2.42. The lowest BCUT2D eigenvalue weighted by Gasteiger charge is -2.26. The number of hydrogen-bond donors (Lipinski definition) is 1. The molecule has 1 fully saturated rings. The molecule has 1 aliphatic heterocycles. The second-order valence-electron chi connectivity index (χ2n) is 5.20. The van der Waals surface area contributed by atoms with Crippen LogP contribution in [0.4, 0.5) is 0 Å². The van der Waals surface area contributed by atoms with Crippen molar-refractivity contribution in [1.82, 2.24) is 10.2 Å². The molecular weight excluding hydrogens is 224 g/mol. The van der Waals surface area contributed by atoms with Crippen molar-refractivity contribution < 1.29 is 4.79 Å². The van der Waals surface area contributed by atoms with Crippen LogP contribution in [0.25, 0.3) is 0 Å². The third-order valence-corrected chi connectivity index (χ3v) is 3.72. The average Bonchev–Trinajstić information content (AvgIpc) is 2.35. The summed E-state index contributed by atoms with van der Waals surface area (Å²) in [7, 11) is 0. The van der Waals surface area contributed by atoms with Gasteiger partial charge in [0.15, 0.2) is 5.78 Å². The molecule has 0 radical (unpaired) electrons. The molecule has 2 rings (SSSR count). The smallest absolute Gasteiger partial charge is 0.177 e. The molecule has 0 bridgehead atoms. The molecule has 98 valence electrons. The van der Waals surface area contributed by atoms with Crippen LogP contribution in [0.3, 0.4) is 0 Å². The number of piperazine rings is 1. The molecule has 18 heavy (non-hydrogen) atoms. The van der Waals surface area contributed by atoms with Crippen LogP contribution in [0.5, 0.6) is 0 Å². The Bertz CT molecular complexity index is 448. The summed E-state index contributed by atoms with van der Waals surface area (Å²) in [5.41, 5.74) is 4.44. The maximum atomic E-state index is 12.3. The minimum Gasteiger partial charge on any atom is -0.314 e. The van der Waals surface area contributed by atoms with Crippen molar-refractivity contribution in [3.8, 4) is 0 Å². The van der Waals surface area contributed by atoms with Gasteiger partial charge in [0.05, 0.1) is 6.54 Å². The molecule has 1 aromatic carbocycles. The van der Waals surface area contributed by atoms with Crippen LogP contribution in [-0.4, -0.2) is 43.4 Å². The van der Waals surface area contributed by atoms with E-state index in [0.29, 0.717) is 6.54 Å². The monoisotopic (exact) mass is 246 g/mol. The molecule has 0 unspecified atom stereocenters. The fourth-order valence-electron chi connectivity index (χ4n) is 2.42. The number of ketones is 1. The summed E-state index contributed by atoms with van der Waals surface area (Å²) in [5.74, 6) is 0.248. The second-order valence-corrected chi connectivity index (χ2v) is 5.20. The lowest BCUT2D eigenvalue weighted by Crippen LogP contribution is -2.45. The SMILES string of the molecule is Cc1cc(C)c(C(=O)CN2CCNCC2)cc1C. The molecule has 1 aliphatic rings. The van der Waals surface area contributed by atoms with Crippen molar-refractivity contribution in [1.29, 1.82) is 0 Å². The van der Waals surface area contributed by atoms with E-state index in [2.05, 4.69) is 30.1 Å². The largest absolute Gasteiger partial charge is 0.314 e. The normalized spacial score (nSPS) is 16.8. The summed E-state index contributed by atoms with van der Waals surface area (Å²) in [4.78, 5) is 14.6. The molecular formula is C15H22N2O. The van der Waals surface area contributed by atoms with Crippen LogP contribution in [0.2, 0.25) is 0 Å². The molecule has 0 aliphatic carbocycles. The third-order valence-electron chi connectivity index (χ3n) is 3.72. The van der Waals surface area contributed by atoms with E-state index in [1.165, 1.54) is 11.1 Å². The summed E-state index contributed by atoms with van der Waals surface area (Å²) < 4.78 is 0. The predicted octanol–water partition coefficient (Wildman–Crippen LogP) is 1.70. The summed E-state index contributed by atoms with van der Waals surface area (Å²) in [6, 6.07) is 4.15. The van der Waals surface area contributed by atoms with Crippen LogP contribution >= 0.6 is 0 Å². The van der Waals surface area contributed by atoms with Crippen molar-refractivity contribution in [3.05, 3.63) is 34.4 Å². The number of carbonyl (C=O) groups excluding carboxylic acids is 1. The number of aryl methyl sites for hydroxylation is 3. The van der Waals surface area contributed by atoms with Gasteiger partial charge >= 0.3 is 0 Å². The zero-order valence-electron chi connectivity index (χ0n) is 11.5. The average molecular weight is 246 g/mol. The summed E-state index contributed by atoms with van der Waals surface area (Å²) in [5, 5.41) is 3.30. The van der Waals surface area contributed by atoms with Gasteiger partial charge in [-0.15, -0.1) is 0 Å². The Kier molecular flexibility index (Phi) is 4.15. The molecule has 0 atom stereocenters. The maximum Gasteiger partial charge on any atom is 0.177 e. The molecule has 1 N–H and O–H groups in total. The van der Waals surface area contributed by atoms with Gasteiger partial charge in [-0.3, -0.25) is 9.69 Å². The van der Waals surface area contributed by atoms with Gasteiger partial charge in [-0.05, 0) is 43.5 Å². The van der Waals surface area contributed by atoms with Crippen molar-refractivity contribution in [2.24, 2.45) is 0 Å². The summed E-state index contributed by atoms with van der Waals surface area (Å²) in [6.45, 7) is 10.6. The Morgan fingerprint density at radius 3 is 2.39 bits per heavy atom. The van der Waals surface area contributed by atoms with E-state index < -0.39 is 0 Å². The number of nitrogens with one attached hydrogen (secondary N) is 1. The van der Waals surface area contributed by atoms with E-state index in [9.17, 15) is 4.79 Å². The Morgan fingerprint density at radius 1 is 1.11 bits per heavy atom. The number of benzene rings is 1. The van der Waals surface area contributed by atoms with Crippen LogP contribution in [0.1, 0.15) is 27.0 Å². The number of Topliss-reactive ketones (excluding diaryl/α,β-unsaturated/α-hetero) is 1. The van der Waals surface area contributed by atoms with Crippen LogP contribution < -0.4 is 5.32 Å². The van der Waals surface area contributed by atoms with E-state index in [-0.39, 0.29) is 5.78 Å². The molecule has 1 heterocycles. The quantitative estimate of drug-likeness (QED) is 0.824. The van der Waals surface area contributed by atoms with Gasteiger partial charge in [0.25, 0.3) is 0 Å². The molecule has 3 heteroatoms. The van der Waals surface area contributed by atoms with E-state index in [0.717, 1.165) is 37.3 Å². The van der Waals surface area contributed by atoms with Gasteiger partial charge in [0.1, 0.15) is 0 Å². The van der Waals surface area contributed by atoms with Crippen LogP contribution in [0.15, 0.2) is 12.1 Å². The zero-order chi connectivity index (χ0) is 13.1. The molecule has 0 saturated carbocycles. The minimum absolute atomic E-state index is 0.248. The van der Waals surface area contributed by atoms with Gasteiger partial charge in [0, 0.05) is 31.7 Å². The first kappa shape index (κ1) is 13.2. The lowest BCUT2D eigenvalue weighted by molar-refractivity contribution is 0.0921. The Balaban J connectivity index is 2.10. The fraction of sp³-hybridized carbons (Fsp3) is 0.533. The maximum absolute atomic E-state index is 12.3. The first-order chi connectivity index (χ1) is 8.58. The molecule has 0 amide bonds. The molecule has 0 spiro atoms. The van der Waals surface area contributed by atoms with Gasteiger partial charge in [-0.2, -0.15) is 0 Å². The predicted molar refractivity (Wildman–Crippen MR) is 74.3 cm³/mol. The van der Waals surface area contributed by atoms with Gasteiger partial charge in [-0.1, -0.05) is 6.07 Å². The van der Waals surface area contributed by atoms with Crippen molar-refractivity contribution >= 4 is 5.78 Å². The topological polar surface area (TPSA) is 32.3 Å². The van der Waals surface area contributed by atoms with E-state index in [4.69, 9.17) is 0 Å². The summed E-state index contributed by atoms with van der Waals surface area (Å²) in [6.07, 6.45) is 0. The number of rotatable bonds is 3. The minimum atomic E-state index is 0.248. The first-order valence-corrected chi connectivity index (χ1v) is 6.62. The number of carbonyl (C=O) groups is 1. The van der Waals surface area contributed by atoms with Crippen molar-refractivity contribution in [2.75, 3.05) is 32.7 Å². The highest BCUT2D eigenvalue weighted by Crippen LogP contribution is 2.16. The molecule has 1 saturated heterocycles. The van der Waals surface area contributed by atoms with Crippen LogP contribution in [0, 0.1) is 20.8 Å². The molecule has 1 aromatic rings. The standard InChI is InChI=1S/C15H22N2O/c1-11-8-13(3)14(9-12(11)2)15(18)10-17-6-4-16-5-7-17/h8-9,16H,4-7,10H2,1-3H3. The van der Waals surface area contributed by atoms with Gasteiger partial charge < -0.3 is 5.32 Å². The highest BCUT2D eigenvalue weighted by molar-refractivity contribution is 5.99. The van der Waals surface area contributed by atoms with Gasteiger partial charge in [-0.25, -0.2) is 0 Å². The van der Waals surface area contributed by atoms with Crippen molar-refractivity contribution in [2.45, 2.75) is 20.8 Å². The number of nitrogens with zero attached hydrogens (tertiary/aromatic N) is 1. The first-order valence-electron chi connectivity index (χ1n) is 6.62. The Labute approximate surface area is 109 Å². The summed E-state index contributed by atoms with van der Waals surface area (Å²) >= 11 is 0. The third kappa shape index (κ3) is 2.98. The van der Waals surface area contributed by atoms with Gasteiger partial charge in [0.2, 0.25) is 0 Å². The second kappa shape index (κ2) is 5.63. The Hall–Kier alpha value is -1.19. The van der Waals surface area contributed by atoms with E-state index in [1.807, 2.05) is 13.0 Å². The van der Waals surface area contributed by atoms with Crippen LogP contribution in [-0.2, 0) is 0 Å². The van der Waals surface area contributed by atoms with E-state index in [1.54, 1.807) is 0 Å². The van der Waals surface area contributed by atoms with E-state index >= 15 is 0 Å². The molecule has 0 aromatic heterocycles. The molecule has 3 nitrogen and oxygen atoms in total. The highest BCUT2D eigenvalue weighted by Gasteiger charge is 2.16. The zero-order valence-corrected chi connectivity index (χ0v) is 11.5. The highest BCUT2D eigenvalue weighted by atomic mass is 16.1. The number of hydrogen-bond acceptors (Lipinski definition) is 3. The lowest BCUT2D eigenvalue weighted by atomic mass is 9.98. The van der Waals surface area contributed by atoms with Crippen molar-refractivity contribution in [3.63, 3.8) is 0 Å². The Morgan fingerprint density at radius 2 is 1.72 bits per heavy atom.